The minimum absolute atomic E-state index is 0.0945. The standard InChI is InChI=1S/C18H27FN2O/c1-2-12-20-13-14-21-17(22)18(10-4-3-5-11-18)15-6-8-16(19)9-7-15/h6-9,20H,2-5,10-14H2,1H3,(H,21,22). The molecule has 0 heterocycles. The van der Waals surface area contributed by atoms with E-state index in [0.29, 0.717) is 6.54 Å². The van der Waals surface area contributed by atoms with Crippen LogP contribution in [0.2, 0.25) is 0 Å². The Labute approximate surface area is 132 Å². The predicted molar refractivity (Wildman–Crippen MR) is 87.3 cm³/mol. The van der Waals surface area contributed by atoms with E-state index in [0.717, 1.165) is 50.8 Å². The molecule has 122 valence electrons. The molecule has 0 bridgehead atoms. The lowest BCUT2D eigenvalue weighted by atomic mass is 9.68. The lowest BCUT2D eigenvalue weighted by molar-refractivity contribution is -0.128. The normalized spacial score (nSPS) is 17.2. The van der Waals surface area contributed by atoms with Gasteiger partial charge in [0, 0.05) is 13.1 Å². The van der Waals surface area contributed by atoms with Gasteiger partial charge in [0.15, 0.2) is 0 Å². The van der Waals surface area contributed by atoms with Crippen LogP contribution in [0.25, 0.3) is 0 Å². The molecule has 0 aromatic heterocycles. The number of carbonyl (C=O) groups excluding carboxylic acids is 1. The van der Waals surface area contributed by atoms with E-state index in [-0.39, 0.29) is 11.7 Å². The van der Waals surface area contributed by atoms with Gasteiger partial charge in [-0.15, -0.1) is 0 Å². The van der Waals surface area contributed by atoms with E-state index in [1.54, 1.807) is 12.1 Å². The van der Waals surface area contributed by atoms with Crippen molar-refractivity contribution in [2.24, 2.45) is 0 Å². The smallest absolute Gasteiger partial charge is 0.230 e. The Kier molecular flexibility index (Phi) is 6.37. The van der Waals surface area contributed by atoms with E-state index in [1.807, 2.05) is 0 Å². The Hall–Kier alpha value is -1.42. The molecule has 22 heavy (non-hydrogen) atoms. The summed E-state index contributed by atoms with van der Waals surface area (Å²) in [5, 5.41) is 6.36. The van der Waals surface area contributed by atoms with Crippen LogP contribution in [0.15, 0.2) is 24.3 Å². The second-order valence-electron chi connectivity index (χ2n) is 6.16. The highest BCUT2D eigenvalue weighted by Gasteiger charge is 2.40. The molecular weight excluding hydrogens is 279 g/mol. The molecule has 1 aliphatic carbocycles. The number of nitrogens with one attached hydrogen (secondary N) is 2. The molecule has 1 aliphatic rings. The second kappa shape index (κ2) is 8.28. The third-order valence-electron chi connectivity index (χ3n) is 4.55. The molecule has 1 fully saturated rings. The van der Waals surface area contributed by atoms with Gasteiger partial charge in [0.05, 0.1) is 5.41 Å². The fourth-order valence-corrected chi connectivity index (χ4v) is 3.31. The second-order valence-corrected chi connectivity index (χ2v) is 6.16. The summed E-state index contributed by atoms with van der Waals surface area (Å²) in [5.74, 6) is -0.156. The number of rotatable bonds is 7. The van der Waals surface area contributed by atoms with Gasteiger partial charge in [-0.05, 0) is 43.5 Å². The van der Waals surface area contributed by atoms with Crippen molar-refractivity contribution in [2.75, 3.05) is 19.6 Å². The fourth-order valence-electron chi connectivity index (χ4n) is 3.31. The van der Waals surface area contributed by atoms with Gasteiger partial charge in [-0.2, -0.15) is 0 Å². The van der Waals surface area contributed by atoms with Crippen LogP contribution in [0, 0.1) is 5.82 Å². The summed E-state index contributed by atoms with van der Waals surface area (Å²) in [7, 11) is 0. The number of hydrogen-bond donors (Lipinski definition) is 2. The zero-order valence-corrected chi connectivity index (χ0v) is 13.5. The average Bonchev–Trinajstić information content (AvgIpc) is 2.55. The van der Waals surface area contributed by atoms with Crippen LogP contribution >= 0.6 is 0 Å². The lowest BCUT2D eigenvalue weighted by Gasteiger charge is -2.36. The molecule has 2 rings (SSSR count). The molecular formula is C18H27FN2O. The van der Waals surface area contributed by atoms with Crippen molar-refractivity contribution in [3.05, 3.63) is 35.6 Å². The van der Waals surface area contributed by atoms with Gasteiger partial charge in [0.1, 0.15) is 5.82 Å². The molecule has 1 aromatic carbocycles. The topological polar surface area (TPSA) is 41.1 Å². The quantitative estimate of drug-likeness (QED) is 0.760. The largest absolute Gasteiger partial charge is 0.354 e. The van der Waals surface area contributed by atoms with E-state index in [2.05, 4.69) is 17.6 Å². The molecule has 0 unspecified atom stereocenters. The van der Waals surface area contributed by atoms with Crippen LogP contribution in [0.4, 0.5) is 4.39 Å². The highest BCUT2D eigenvalue weighted by atomic mass is 19.1. The van der Waals surface area contributed by atoms with Gasteiger partial charge in [-0.25, -0.2) is 4.39 Å². The van der Waals surface area contributed by atoms with E-state index in [4.69, 9.17) is 0 Å². The number of amides is 1. The number of benzene rings is 1. The molecule has 0 atom stereocenters. The summed E-state index contributed by atoms with van der Waals surface area (Å²) >= 11 is 0. The van der Waals surface area contributed by atoms with Crippen molar-refractivity contribution in [1.29, 1.82) is 0 Å². The summed E-state index contributed by atoms with van der Waals surface area (Å²) in [5.41, 5.74) is 0.476. The van der Waals surface area contributed by atoms with Gasteiger partial charge in [0.2, 0.25) is 5.91 Å². The van der Waals surface area contributed by atoms with Gasteiger partial charge >= 0.3 is 0 Å². The zero-order valence-electron chi connectivity index (χ0n) is 13.5. The van der Waals surface area contributed by atoms with Gasteiger partial charge in [-0.1, -0.05) is 38.3 Å². The SMILES string of the molecule is CCCNCCNC(=O)C1(c2ccc(F)cc2)CCCCC1. The molecule has 1 saturated carbocycles. The molecule has 2 N–H and O–H groups in total. The Morgan fingerprint density at radius 1 is 1.09 bits per heavy atom. The summed E-state index contributed by atoms with van der Waals surface area (Å²) in [6.45, 7) is 4.52. The van der Waals surface area contributed by atoms with Gasteiger partial charge in [-0.3, -0.25) is 4.79 Å². The number of carbonyl (C=O) groups is 1. The van der Waals surface area contributed by atoms with Crippen molar-refractivity contribution >= 4 is 5.91 Å². The molecule has 0 aliphatic heterocycles. The predicted octanol–water partition coefficient (Wildman–Crippen LogP) is 3.14. The Bertz CT molecular complexity index is 466. The third-order valence-corrected chi connectivity index (χ3v) is 4.55. The molecule has 3 nitrogen and oxygen atoms in total. The first-order valence-electron chi connectivity index (χ1n) is 8.44. The van der Waals surface area contributed by atoms with Crippen LogP contribution in [0.5, 0.6) is 0 Å². The van der Waals surface area contributed by atoms with Crippen molar-refractivity contribution in [2.45, 2.75) is 50.9 Å². The monoisotopic (exact) mass is 306 g/mol. The van der Waals surface area contributed by atoms with E-state index in [9.17, 15) is 9.18 Å². The number of hydrogen-bond acceptors (Lipinski definition) is 2. The zero-order chi connectivity index (χ0) is 15.8. The minimum Gasteiger partial charge on any atom is -0.354 e. The maximum Gasteiger partial charge on any atom is 0.230 e. The van der Waals surface area contributed by atoms with Crippen molar-refractivity contribution in [3.63, 3.8) is 0 Å². The van der Waals surface area contributed by atoms with E-state index in [1.165, 1.54) is 18.6 Å². The first-order valence-corrected chi connectivity index (χ1v) is 8.44. The van der Waals surface area contributed by atoms with Crippen molar-refractivity contribution in [1.82, 2.24) is 10.6 Å². The first-order chi connectivity index (χ1) is 10.7. The third kappa shape index (κ3) is 4.07. The summed E-state index contributed by atoms with van der Waals surface area (Å²) in [4.78, 5) is 12.8. The summed E-state index contributed by atoms with van der Waals surface area (Å²) in [6, 6.07) is 6.47. The van der Waals surface area contributed by atoms with Gasteiger partial charge < -0.3 is 10.6 Å². The van der Waals surface area contributed by atoms with E-state index < -0.39 is 5.41 Å². The van der Waals surface area contributed by atoms with Crippen molar-refractivity contribution < 1.29 is 9.18 Å². The summed E-state index contributed by atoms with van der Waals surface area (Å²) < 4.78 is 13.2. The first kappa shape index (κ1) is 16.9. The minimum atomic E-state index is -0.475. The average molecular weight is 306 g/mol. The number of halogens is 1. The van der Waals surface area contributed by atoms with E-state index >= 15 is 0 Å². The fraction of sp³-hybridized carbons (Fsp3) is 0.611. The highest BCUT2D eigenvalue weighted by molar-refractivity contribution is 5.88. The van der Waals surface area contributed by atoms with Crippen LogP contribution in [-0.4, -0.2) is 25.5 Å². The van der Waals surface area contributed by atoms with Crippen molar-refractivity contribution in [3.8, 4) is 0 Å². The van der Waals surface area contributed by atoms with Crippen LogP contribution < -0.4 is 10.6 Å². The molecule has 0 saturated heterocycles. The molecule has 0 radical (unpaired) electrons. The summed E-state index contributed by atoms with van der Waals surface area (Å²) in [6.07, 6.45) is 6.08. The van der Waals surface area contributed by atoms with Crippen LogP contribution in [0.1, 0.15) is 51.0 Å². The molecule has 1 aromatic rings. The van der Waals surface area contributed by atoms with Gasteiger partial charge in [0.25, 0.3) is 0 Å². The van der Waals surface area contributed by atoms with Crippen LogP contribution in [-0.2, 0) is 10.2 Å². The lowest BCUT2D eigenvalue weighted by Crippen LogP contribution is -2.47. The molecule has 4 heteroatoms. The molecule has 1 amide bonds. The highest BCUT2D eigenvalue weighted by Crippen LogP contribution is 2.39. The Morgan fingerprint density at radius 3 is 2.41 bits per heavy atom. The Balaban J connectivity index is 2.05. The maximum absolute atomic E-state index is 13.2. The maximum atomic E-state index is 13.2. The Morgan fingerprint density at radius 2 is 1.77 bits per heavy atom. The molecule has 0 spiro atoms. The van der Waals surface area contributed by atoms with Crippen LogP contribution in [0.3, 0.4) is 0 Å².